The van der Waals surface area contributed by atoms with Gasteiger partial charge in [-0.15, -0.1) is 0 Å². The summed E-state index contributed by atoms with van der Waals surface area (Å²) in [5, 5.41) is 12.2. The summed E-state index contributed by atoms with van der Waals surface area (Å²) in [6, 6.07) is 9.00. The van der Waals surface area contributed by atoms with Gasteiger partial charge in [0.25, 0.3) is 0 Å². The molecule has 6 heteroatoms. The summed E-state index contributed by atoms with van der Waals surface area (Å²) in [4.78, 5) is 25.1. The number of carbonyl (C=O) groups is 2. The van der Waals surface area contributed by atoms with Crippen molar-refractivity contribution >= 4 is 11.8 Å². The minimum atomic E-state index is -0.614. The predicted molar refractivity (Wildman–Crippen MR) is 90.8 cm³/mol. The molecule has 128 valence electrons. The zero-order chi connectivity index (χ0) is 18.0. The largest absolute Gasteiger partial charge is 0.463 e. The van der Waals surface area contributed by atoms with Crippen molar-refractivity contribution in [2.45, 2.75) is 32.1 Å². The second-order valence-electron chi connectivity index (χ2n) is 6.01. The number of dihydropyridines is 1. The number of esters is 1. The monoisotopic (exact) mass is 337 g/mol. The van der Waals surface area contributed by atoms with Crippen molar-refractivity contribution in [2.24, 2.45) is 5.73 Å². The van der Waals surface area contributed by atoms with Gasteiger partial charge in [0.1, 0.15) is 5.82 Å². The normalized spacial score (nSPS) is 19.8. The standard InChI is InChI=1S/C19H19N3O3/c1-2-25-19(24)17-15(12-6-3-5-11(9-12)10-20)16-13(22-18(17)21)7-4-8-14(16)23/h3,5-6,9,15,22H,2,4,7-8,21H2,1H3. The predicted octanol–water partition coefficient (Wildman–Crippen LogP) is 1.99. The summed E-state index contributed by atoms with van der Waals surface area (Å²) >= 11 is 0. The fourth-order valence-corrected chi connectivity index (χ4v) is 3.42. The molecule has 0 radical (unpaired) electrons. The summed E-state index contributed by atoms with van der Waals surface area (Å²) < 4.78 is 5.16. The molecule has 1 aliphatic heterocycles. The molecule has 0 amide bonds. The molecule has 25 heavy (non-hydrogen) atoms. The molecule has 2 aliphatic rings. The summed E-state index contributed by atoms with van der Waals surface area (Å²) in [6.07, 6.45) is 1.88. The van der Waals surface area contributed by atoms with E-state index in [9.17, 15) is 14.9 Å². The Kier molecular flexibility index (Phi) is 4.57. The fourth-order valence-electron chi connectivity index (χ4n) is 3.42. The van der Waals surface area contributed by atoms with Crippen LogP contribution in [0.3, 0.4) is 0 Å². The Morgan fingerprint density at radius 1 is 1.44 bits per heavy atom. The molecule has 0 saturated heterocycles. The first-order valence-electron chi connectivity index (χ1n) is 8.26. The van der Waals surface area contributed by atoms with Crippen LogP contribution in [0.2, 0.25) is 0 Å². The topological polar surface area (TPSA) is 105 Å². The third-order valence-corrected chi connectivity index (χ3v) is 4.45. The number of nitrogens with zero attached hydrogens (tertiary/aromatic N) is 1. The van der Waals surface area contributed by atoms with Gasteiger partial charge >= 0.3 is 5.97 Å². The number of nitriles is 1. The third kappa shape index (κ3) is 3.01. The highest BCUT2D eigenvalue weighted by atomic mass is 16.5. The number of benzene rings is 1. The van der Waals surface area contributed by atoms with Crippen molar-refractivity contribution in [2.75, 3.05) is 6.61 Å². The van der Waals surface area contributed by atoms with E-state index in [4.69, 9.17) is 10.5 Å². The minimum absolute atomic E-state index is 0.00425. The first kappa shape index (κ1) is 16.8. The average Bonchev–Trinajstić information content (AvgIpc) is 2.61. The minimum Gasteiger partial charge on any atom is -0.463 e. The van der Waals surface area contributed by atoms with Crippen LogP contribution in [0.25, 0.3) is 0 Å². The molecule has 1 heterocycles. The molecular formula is C19H19N3O3. The number of nitrogens with two attached hydrogens (primary N) is 1. The number of rotatable bonds is 3. The molecule has 3 rings (SSSR count). The van der Waals surface area contributed by atoms with Crippen LogP contribution in [0.4, 0.5) is 0 Å². The average molecular weight is 337 g/mol. The summed E-state index contributed by atoms with van der Waals surface area (Å²) in [7, 11) is 0. The van der Waals surface area contributed by atoms with E-state index in [0.717, 1.165) is 12.1 Å². The number of hydrogen-bond acceptors (Lipinski definition) is 6. The van der Waals surface area contributed by atoms with Gasteiger partial charge in [-0.05, 0) is 37.5 Å². The number of allylic oxidation sites excluding steroid dienone is 2. The van der Waals surface area contributed by atoms with Crippen LogP contribution in [0.1, 0.15) is 43.2 Å². The molecule has 0 aromatic heterocycles. The zero-order valence-corrected chi connectivity index (χ0v) is 14.0. The van der Waals surface area contributed by atoms with Gasteiger partial charge in [0.2, 0.25) is 0 Å². The maximum Gasteiger partial charge on any atom is 0.338 e. The van der Waals surface area contributed by atoms with E-state index in [1.807, 2.05) is 0 Å². The first-order valence-corrected chi connectivity index (χ1v) is 8.26. The third-order valence-electron chi connectivity index (χ3n) is 4.45. The van der Waals surface area contributed by atoms with Gasteiger partial charge in [0.05, 0.1) is 29.7 Å². The van der Waals surface area contributed by atoms with Crippen LogP contribution in [0.5, 0.6) is 0 Å². The van der Waals surface area contributed by atoms with Gasteiger partial charge in [0.15, 0.2) is 5.78 Å². The molecule has 1 aromatic carbocycles. The van der Waals surface area contributed by atoms with Crippen LogP contribution in [0, 0.1) is 11.3 Å². The smallest absolute Gasteiger partial charge is 0.338 e. The fraction of sp³-hybridized carbons (Fsp3) is 0.316. The molecule has 6 nitrogen and oxygen atoms in total. The van der Waals surface area contributed by atoms with E-state index in [2.05, 4.69) is 11.4 Å². The molecule has 0 saturated carbocycles. The van der Waals surface area contributed by atoms with Crippen molar-refractivity contribution in [1.29, 1.82) is 5.26 Å². The van der Waals surface area contributed by atoms with Crippen molar-refractivity contribution in [3.05, 3.63) is 58.1 Å². The van der Waals surface area contributed by atoms with Crippen LogP contribution < -0.4 is 11.1 Å². The molecule has 0 fully saturated rings. The van der Waals surface area contributed by atoms with Crippen molar-refractivity contribution in [3.63, 3.8) is 0 Å². The van der Waals surface area contributed by atoms with Gasteiger partial charge in [-0.1, -0.05) is 12.1 Å². The van der Waals surface area contributed by atoms with Crippen LogP contribution >= 0.6 is 0 Å². The Labute approximate surface area is 146 Å². The molecule has 3 N–H and O–H groups in total. The van der Waals surface area contributed by atoms with Gasteiger partial charge in [-0.3, -0.25) is 4.79 Å². The Morgan fingerprint density at radius 3 is 2.96 bits per heavy atom. The number of Topliss-reactive ketones (excluding diaryl/α,β-unsaturated/α-hetero) is 1. The number of hydrogen-bond donors (Lipinski definition) is 2. The Hall–Kier alpha value is -3.07. The summed E-state index contributed by atoms with van der Waals surface area (Å²) in [5.41, 5.74) is 8.81. The van der Waals surface area contributed by atoms with Gasteiger partial charge in [-0.2, -0.15) is 5.26 Å². The second kappa shape index (κ2) is 6.81. The van der Waals surface area contributed by atoms with Gasteiger partial charge in [0, 0.05) is 17.7 Å². The molecule has 1 aliphatic carbocycles. The Balaban J connectivity index is 2.19. The van der Waals surface area contributed by atoms with E-state index in [0.29, 0.717) is 29.5 Å². The van der Waals surface area contributed by atoms with Crippen molar-refractivity contribution in [1.82, 2.24) is 5.32 Å². The van der Waals surface area contributed by atoms with Crippen molar-refractivity contribution in [3.8, 4) is 6.07 Å². The highest BCUT2D eigenvalue weighted by Crippen LogP contribution is 2.41. The summed E-state index contributed by atoms with van der Waals surface area (Å²) in [5.74, 6) is -0.962. The molecule has 1 unspecified atom stereocenters. The van der Waals surface area contributed by atoms with Crippen LogP contribution in [-0.2, 0) is 14.3 Å². The molecule has 1 atom stereocenters. The Bertz CT molecular complexity index is 846. The van der Waals surface area contributed by atoms with Crippen LogP contribution in [-0.4, -0.2) is 18.4 Å². The summed E-state index contributed by atoms with van der Waals surface area (Å²) in [6.45, 7) is 1.92. The molecular weight excluding hydrogens is 318 g/mol. The lowest BCUT2D eigenvalue weighted by Crippen LogP contribution is -2.37. The van der Waals surface area contributed by atoms with Gasteiger partial charge < -0.3 is 15.8 Å². The molecule has 0 spiro atoms. The SMILES string of the molecule is CCOC(=O)C1=C(N)NC2=C(C(=O)CCC2)C1c1cccc(C#N)c1. The maximum atomic E-state index is 12.6. The second-order valence-corrected chi connectivity index (χ2v) is 6.01. The first-order chi connectivity index (χ1) is 12.1. The number of nitrogens with one attached hydrogen (secondary N) is 1. The van der Waals surface area contributed by atoms with E-state index in [1.165, 1.54) is 0 Å². The van der Waals surface area contributed by atoms with Crippen molar-refractivity contribution < 1.29 is 14.3 Å². The van der Waals surface area contributed by atoms with Crippen LogP contribution in [0.15, 0.2) is 46.9 Å². The number of ether oxygens (including phenoxy) is 1. The lowest BCUT2D eigenvalue weighted by atomic mass is 9.75. The Morgan fingerprint density at radius 2 is 2.24 bits per heavy atom. The molecule has 1 aromatic rings. The highest BCUT2D eigenvalue weighted by Gasteiger charge is 2.39. The zero-order valence-electron chi connectivity index (χ0n) is 14.0. The number of ketones is 1. The van der Waals surface area contributed by atoms with E-state index < -0.39 is 11.9 Å². The highest BCUT2D eigenvalue weighted by molar-refractivity contribution is 6.03. The number of carbonyl (C=O) groups excluding carboxylic acids is 2. The molecule has 0 bridgehead atoms. The van der Waals surface area contributed by atoms with E-state index in [1.54, 1.807) is 31.2 Å². The quantitative estimate of drug-likeness (QED) is 0.817. The van der Waals surface area contributed by atoms with Gasteiger partial charge in [-0.25, -0.2) is 4.79 Å². The lowest BCUT2D eigenvalue weighted by Gasteiger charge is -2.33. The lowest BCUT2D eigenvalue weighted by molar-refractivity contribution is -0.138. The van der Waals surface area contributed by atoms with E-state index >= 15 is 0 Å². The maximum absolute atomic E-state index is 12.6. The van der Waals surface area contributed by atoms with E-state index in [-0.39, 0.29) is 23.8 Å².